The highest BCUT2D eigenvalue weighted by atomic mass is 32.1. The lowest BCUT2D eigenvalue weighted by molar-refractivity contribution is 0.112. The zero-order valence-corrected chi connectivity index (χ0v) is 12.5. The van der Waals surface area contributed by atoms with Gasteiger partial charge in [0.2, 0.25) is 0 Å². The molecular formula is C17H21NOS. The van der Waals surface area contributed by atoms with Crippen molar-refractivity contribution < 1.29 is 4.74 Å². The summed E-state index contributed by atoms with van der Waals surface area (Å²) in [6, 6.07) is 9.50. The van der Waals surface area contributed by atoms with Crippen LogP contribution in [0.15, 0.2) is 24.3 Å². The van der Waals surface area contributed by atoms with Gasteiger partial charge < -0.3 is 10.1 Å². The number of nitrogens with one attached hydrogen (secondary N) is 1. The molecule has 0 radical (unpaired) electrons. The van der Waals surface area contributed by atoms with Crippen LogP contribution in [0.3, 0.4) is 0 Å². The summed E-state index contributed by atoms with van der Waals surface area (Å²) in [6.45, 7) is 2.73. The molecule has 0 atom stereocenters. The van der Waals surface area contributed by atoms with Crippen LogP contribution in [-0.4, -0.2) is 12.6 Å². The lowest BCUT2D eigenvalue weighted by Gasteiger charge is -2.07. The van der Waals surface area contributed by atoms with Gasteiger partial charge in [0.1, 0.15) is 0 Å². The summed E-state index contributed by atoms with van der Waals surface area (Å²) in [5, 5.41) is 5.03. The Morgan fingerprint density at radius 3 is 2.80 bits per heavy atom. The Kier molecular flexibility index (Phi) is 3.51. The van der Waals surface area contributed by atoms with Crippen LogP contribution >= 0.6 is 11.3 Å². The van der Waals surface area contributed by atoms with Gasteiger partial charge in [-0.2, -0.15) is 0 Å². The van der Waals surface area contributed by atoms with E-state index in [0.717, 1.165) is 31.7 Å². The molecule has 2 fully saturated rings. The zero-order chi connectivity index (χ0) is 13.4. The van der Waals surface area contributed by atoms with Crippen molar-refractivity contribution in [2.45, 2.75) is 44.9 Å². The predicted molar refractivity (Wildman–Crippen MR) is 84.1 cm³/mol. The van der Waals surface area contributed by atoms with Gasteiger partial charge >= 0.3 is 0 Å². The van der Waals surface area contributed by atoms with Crippen LogP contribution in [0, 0.1) is 5.92 Å². The van der Waals surface area contributed by atoms with E-state index in [9.17, 15) is 0 Å². The van der Waals surface area contributed by atoms with Gasteiger partial charge in [0.25, 0.3) is 0 Å². The minimum absolute atomic E-state index is 0.764. The third-order valence-corrected chi connectivity index (χ3v) is 5.42. The second kappa shape index (κ2) is 5.47. The average molecular weight is 287 g/mol. The van der Waals surface area contributed by atoms with E-state index >= 15 is 0 Å². The number of hydrogen-bond donors (Lipinski definition) is 1. The first-order valence-electron chi connectivity index (χ1n) is 7.70. The molecule has 20 heavy (non-hydrogen) atoms. The van der Waals surface area contributed by atoms with Gasteiger partial charge in [0.05, 0.1) is 6.61 Å². The van der Waals surface area contributed by atoms with Crippen molar-refractivity contribution in [2.24, 2.45) is 5.92 Å². The Bertz CT molecular complexity index is 598. The van der Waals surface area contributed by atoms with E-state index in [1.165, 1.54) is 46.2 Å². The van der Waals surface area contributed by atoms with Crippen LogP contribution in [0.5, 0.6) is 0 Å². The Morgan fingerprint density at radius 1 is 1.15 bits per heavy atom. The van der Waals surface area contributed by atoms with Gasteiger partial charge in [0, 0.05) is 34.3 Å². The van der Waals surface area contributed by atoms with Crippen LogP contribution in [0.25, 0.3) is 10.1 Å². The Labute approximate surface area is 124 Å². The van der Waals surface area contributed by atoms with Crippen LogP contribution < -0.4 is 5.32 Å². The molecule has 2 aliphatic carbocycles. The summed E-state index contributed by atoms with van der Waals surface area (Å²) in [4.78, 5) is 1.47. The number of ether oxygens (including phenoxy) is 1. The monoisotopic (exact) mass is 287 g/mol. The molecular weight excluding hydrogens is 266 g/mol. The van der Waals surface area contributed by atoms with E-state index in [-0.39, 0.29) is 0 Å². The first-order valence-corrected chi connectivity index (χ1v) is 8.52. The van der Waals surface area contributed by atoms with Gasteiger partial charge in [-0.3, -0.25) is 0 Å². The van der Waals surface area contributed by atoms with Gasteiger partial charge in [0.15, 0.2) is 0 Å². The predicted octanol–water partition coefficient (Wildman–Crippen LogP) is 4.08. The minimum Gasteiger partial charge on any atom is -0.376 e. The second-order valence-electron chi connectivity index (χ2n) is 6.11. The molecule has 2 saturated carbocycles. The number of rotatable bonds is 7. The third-order valence-electron chi connectivity index (χ3n) is 4.21. The van der Waals surface area contributed by atoms with Crippen molar-refractivity contribution in [3.63, 3.8) is 0 Å². The second-order valence-corrected chi connectivity index (χ2v) is 7.25. The first-order chi connectivity index (χ1) is 9.90. The highest BCUT2D eigenvalue weighted by Gasteiger charge is 2.23. The number of fused-ring (bicyclic) bond motifs is 1. The van der Waals surface area contributed by atoms with Crippen LogP contribution in [0.4, 0.5) is 0 Å². The number of benzene rings is 1. The molecule has 1 aromatic heterocycles. The van der Waals surface area contributed by atoms with Crippen molar-refractivity contribution in [2.75, 3.05) is 6.61 Å². The number of hydrogen-bond acceptors (Lipinski definition) is 3. The van der Waals surface area contributed by atoms with Crippen molar-refractivity contribution in [3.05, 3.63) is 34.7 Å². The Balaban J connectivity index is 1.53. The largest absolute Gasteiger partial charge is 0.376 e. The summed E-state index contributed by atoms with van der Waals surface area (Å²) >= 11 is 1.93. The maximum absolute atomic E-state index is 5.95. The highest BCUT2D eigenvalue weighted by molar-refractivity contribution is 7.19. The molecule has 2 aliphatic rings. The Morgan fingerprint density at radius 2 is 2.00 bits per heavy atom. The molecule has 1 aromatic carbocycles. The molecule has 2 aromatic rings. The van der Waals surface area contributed by atoms with Crippen molar-refractivity contribution >= 4 is 21.4 Å². The summed E-state index contributed by atoms with van der Waals surface area (Å²) in [6.07, 6.45) is 5.41. The summed E-state index contributed by atoms with van der Waals surface area (Å²) in [5.41, 5.74) is 1.42. The summed E-state index contributed by atoms with van der Waals surface area (Å²) in [5.74, 6) is 0.841. The van der Waals surface area contributed by atoms with Crippen LogP contribution in [0.1, 0.15) is 36.1 Å². The highest BCUT2D eigenvalue weighted by Crippen LogP contribution is 2.34. The SMILES string of the molecule is c1ccc2c(COCC3CC3)c(CNC3CC3)sc2c1. The van der Waals surface area contributed by atoms with Gasteiger partial charge in [-0.15, -0.1) is 11.3 Å². The van der Waals surface area contributed by atoms with Crippen LogP contribution in [0.2, 0.25) is 0 Å². The lowest BCUT2D eigenvalue weighted by atomic mass is 10.1. The zero-order valence-electron chi connectivity index (χ0n) is 11.7. The maximum atomic E-state index is 5.95. The van der Waals surface area contributed by atoms with Crippen LogP contribution in [-0.2, 0) is 17.9 Å². The van der Waals surface area contributed by atoms with Gasteiger partial charge in [-0.25, -0.2) is 0 Å². The standard InChI is InChI=1S/C17H21NOS/c1-2-4-16-14(3-1)15(11-19-10-12-5-6-12)17(20-16)9-18-13-7-8-13/h1-4,12-13,18H,5-11H2. The first kappa shape index (κ1) is 12.8. The quantitative estimate of drug-likeness (QED) is 0.828. The van der Waals surface area contributed by atoms with E-state index in [1.54, 1.807) is 0 Å². The summed E-state index contributed by atoms with van der Waals surface area (Å²) in [7, 11) is 0. The normalized spacial score (nSPS) is 18.8. The van der Waals surface area contributed by atoms with Crippen molar-refractivity contribution in [3.8, 4) is 0 Å². The molecule has 1 N–H and O–H groups in total. The smallest absolute Gasteiger partial charge is 0.0734 e. The van der Waals surface area contributed by atoms with Gasteiger partial charge in [-0.05, 0) is 43.1 Å². The summed E-state index contributed by atoms with van der Waals surface area (Å²) < 4.78 is 7.35. The maximum Gasteiger partial charge on any atom is 0.0734 e. The van der Waals surface area contributed by atoms with Gasteiger partial charge in [-0.1, -0.05) is 18.2 Å². The fourth-order valence-electron chi connectivity index (χ4n) is 2.59. The van der Waals surface area contributed by atoms with E-state index in [4.69, 9.17) is 4.74 Å². The molecule has 3 heteroatoms. The molecule has 0 saturated heterocycles. The molecule has 0 spiro atoms. The Hall–Kier alpha value is -0.900. The van der Waals surface area contributed by atoms with E-state index < -0.39 is 0 Å². The fourth-order valence-corrected chi connectivity index (χ4v) is 3.75. The molecule has 0 amide bonds. The average Bonchev–Trinajstić information content (AvgIpc) is 3.37. The molecule has 2 nitrogen and oxygen atoms in total. The number of thiophene rings is 1. The van der Waals surface area contributed by atoms with Crippen molar-refractivity contribution in [1.29, 1.82) is 0 Å². The fraction of sp³-hybridized carbons (Fsp3) is 0.529. The molecule has 0 bridgehead atoms. The minimum atomic E-state index is 0.764. The molecule has 0 aliphatic heterocycles. The van der Waals surface area contributed by atoms with E-state index in [1.807, 2.05) is 11.3 Å². The third kappa shape index (κ3) is 2.90. The van der Waals surface area contributed by atoms with E-state index in [0.29, 0.717) is 0 Å². The molecule has 106 valence electrons. The lowest BCUT2D eigenvalue weighted by Crippen LogP contribution is -2.15. The van der Waals surface area contributed by atoms with E-state index in [2.05, 4.69) is 29.6 Å². The molecule has 4 rings (SSSR count). The molecule has 0 unspecified atom stereocenters. The topological polar surface area (TPSA) is 21.3 Å². The molecule has 1 heterocycles. The van der Waals surface area contributed by atoms with Crippen molar-refractivity contribution in [1.82, 2.24) is 5.32 Å².